The first kappa shape index (κ1) is 20.0. The lowest BCUT2D eigenvalue weighted by Gasteiger charge is -2.37. The molecule has 156 valence electrons. The first-order valence-electron chi connectivity index (χ1n) is 9.76. The number of methoxy groups -OCH3 is 1. The van der Waals surface area contributed by atoms with E-state index in [9.17, 15) is 14.0 Å². The maximum Gasteiger partial charge on any atom is 0.321 e. The van der Waals surface area contributed by atoms with E-state index in [4.69, 9.17) is 9.47 Å². The summed E-state index contributed by atoms with van der Waals surface area (Å²) in [7, 11) is 1.54. The molecule has 1 amide bonds. The number of hydrogen-bond acceptors (Lipinski definition) is 5. The van der Waals surface area contributed by atoms with Crippen molar-refractivity contribution in [3.8, 4) is 0 Å². The molecule has 0 N–H and O–H groups in total. The van der Waals surface area contributed by atoms with Gasteiger partial charge in [0.1, 0.15) is 5.82 Å². The van der Waals surface area contributed by atoms with E-state index in [1.807, 2.05) is 28.8 Å². The summed E-state index contributed by atoms with van der Waals surface area (Å²) in [5, 5.41) is 0. The number of ether oxygens (including phenoxy) is 2. The van der Waals surface area contributed by atoms with Gasteiger partial charge in [0.2, 0.25) is 11.9 Å². The van der Waals surface area contributed by atoms with Gasteiger partial charge < -0.3 is 14.0 Å². The Labute approximate surface area is 173 Å². The van der Waals surface area contributed by atoms with Gasteiger partial charge in [-0.05, 0) is 36.8 Å². The Hall–Kier alpha value is -3.26. The van der Waals surface area contributed by atoms with Gasteiger partial charge in [-0.3, -0.25) is 14.5 Å². The number of aromatic nitrogens is 2. The van der Waals surface area contributed by atoms with Gasteiger partial charge >= 0.3 is 5.97 Å². The summed E-state index contributed by atoms with van der Waals surface area (Å²) in [5.74, 6) is -2.32. The highest BCUT2D eigenvalue weighted by Gasteiger charge is 2.47. The van der Waals surface area contributed by atoms with Crippen LogP contribution in [0.4, 0.5) is 10.3 Å². The van der Waals surface area contributed by atoms with Crippen LogP contribution in [0.2, 0.25) is 0 Å². The van der Waals surface area contributed by atoms with Crippen LogP contribution in [-0.2, 0) is 19.1 Å². The molecule has 0 saturated heterocycles. The van der Waals surface area contributed by atoms with Crippen molar-refractivity contribution in [2.24, 2.45) is 5.92 Å². The van der Waals surface area contributed by atoms with Crippen LogP contribution >= 0.6 is 0 Å². The number of hydrogen-bond donors (Lipinski definition) is 0. The van der Waals surface area contributed by atoms with E-state index in [1.54, 1.807) is 19.1 Å². The Kier molecular flexibility index (Phi) is 5.50. The second-order valence-electron chi connectivity index (χ2n) is 6.98. The minimum atomic E-state index is -1.17. The van der Waals surface area contributed by atoms with Crippen molar-refractivity contribution in [2.75, 3.05) is 31.8 Å². The number of nitrogens with zero attached hydrogens (tertiary/aromatic N) is 3. The maximum absolute atomic E-state index is 14.1. The van der Waals surface area contributed by atoms with Crippen molar-refractivity contribution in [1.29, 1.82) is 0 Å². The molecule has 1 aliphatic rings. The predicted octanol–water partition coefficient (Wildman–Crippen LogP) is 2.94. The van der Waals surface area contributed by atoms with Crippen molar-refractivity contribution in [3.05, 3.63) is 59.9 Å². The lowest BCUT2D eigenvalue weighted by Crippen LogP contribution is -2.51. The molecular weight excluding hydrogens is 389 g/mol. The van der Waals surface area contributed by atoms with Crippen LogP contribution in [0.5, 0.6) is 0 Å². The number of para-hydroxylation sites is 2. The standard InChI is InChI=1S/C22H22FN3O4/c1-3-30-21(28)18-19(14-7-6-8-15(23)13-14)26-17-10-5-4-9-16(17)24-22(26)25(20(18)27)11-12-29-2/h4-10,13,18-19H,3,11-12H2,1-2H3/t18-,19-/m1/s1. The van der Waals surface area contributed by atoms with Crippen LogP contribution in [0.1, 0.15) is 18.5 Å². The monoisotopic (exact) mass is 411 g/mol. The summed E-state index contributed by atoms with van der Waals surface area (Å²) in [6, 6.07) is 12.6. The largest absolute Gasteiger partial charge is 0.465 e. The quantitative estimate of drug-likeness (QED) is 0.461. The smallest absolute Gasteiger partial charge is 0.321 e. The molecule has 0 saturated carbocycles. The minimum absolute atomic E-state index is 0.133. The van der Waals surface area contributed by atoms with E-state index in [0.29, 0.717) is 17.0 Å². The molecule has 4 rings (SSSR count). The van der Waals surface area contributed by atoms with E-state index in [2.05, 4.69) is 4.98 Å². The summed E-state index contributed by atoms with van der Waals surface area (Å²) in [5.41, 5.74) is 1.91. The summed E-state index contributed by atoms with van der Waals surface area (Å²) >= 11 is 0. The van der Waals surface area contributed by atoms with Crippen LogP contribution in [-0.4, -0.2) is 48.3 Å². The zero-order chi connectivity index (χ0) is 21.3. The zero-order valence-corrected chi connectivity index (χ0v) is 16.7. The third-order valence-corrected chi connectivity index (χ3v) is 5.19. The Bertz CT molecular complexity index is 1100. The van der Waals surface area contributed by atoms with Gasteiger partial charge in [-0.2, -0.15) is 0 Å². The number of benzene rings is 2. The van der Waals surface area contributed by atoms with E-state index in [1.165, 1.54) is 24.1 Å². The number of rotatable bonds is 6. The van der Waals surface area contributed by atoms with E-state index in [0.717, 1.165) is 5.52 Å². The number of anilines is 1. The fourth-order valence-electron chi connectivity index (χ4n) is 3.93. The van der Waals surface area contributed by atoms with Gasteiger partial charge in [-0.15, -0.1) is 0 Å². The number of fused-ring (bicyclic) bond motifs is 3. The first-order chi connectivity index (χ1) is 14.6. The number of carbonyl (C=O) groups excluding carboxylic acids is 2. The van der Waals surface area contributed by atoms with Crippen LogP contribution < -0.4 is 4.90 Å². The number of esters is 1. The number of imidazole rings is 1. The molecule has 2 atom stereocenters. The van der Waals surface area contributed by atoms with Gasteiger partial charge in [0.15, 0.2) is 5.92 Å². The second-order valence-corrected chi connectivity index (χ2v) is 6.98. The molecule has 1 aromatic heterocycles. The maximum atomic E-state index is 14.1. The first-order valence-corrected chi connectivity index (χ1v) is 9.76. The summed E-state index contributed by atoms with van der Waals surface area (Å²) in [4.78, 5) is 32.5. The molecule has 8 heteroatoms. The Morgan fingerprint density at radius 3 is 2.73 bits per heavy atom. The van der Waals surface area contributed by atoms with Crippen LogP contribution in [0.15, 0.2) is 48.5 Å². The normalized spacial score (nSPS) is 18.5. The molecule has 0 bridgehead atoms. The fraction of sp³-hybridized carbons (Fsp3) is 0.318. The van der Waals surface area contributed by atoms with Crippen molar-refractivity contribution in [2.45, 2.75) is 13.0 Å². The molecule has 7 nitrogen and oxygen atoms in total. The molecule has 0 spiro atoms. The van der Waals surface area contributed by atoms with Crippen molar-refractivity contribution < 1.29 is 23.5 Å². The molecule has 30 heavy (non-hydrogen) atoms. The predicted molar refractivity (Wildman–Crippen MR) is 109 cm³/mol. The molecule has 0 fully saturated rings. The minimum Gasteiger partial charge on any atom is -0.465 e. The SMILES string of the molecule is CCOC(=O)[C@H]1C(=O)N(CCOC)c2nc3ccccc3n2[C@@H]1c1cccc(F)c1. The Morgan fingerprint density at radius 1 is 1.20 bits per heavy atom. The van der Waals surface area contributed by atoms with E-state index in [-0.39, 0.29) is 19.8 Å². The van der Waals surface area contributed by atoms with Gasteiger partial charge in [-0.25, -0.2) is 9.37 Å². The lowest BCUT2D eigenvalue weighted by molar-refractivity contribution is -0.153. The highest BCUT2D eigenvalue weighted by molar-refractivity contribution is 6.08. The molecule has 1 aliphatic heterocycles. The summed E-state index contributed by atoms with van der Waals surface area (Å²) in [6.45, 7) is 2.32. The van der Waals surface area contributed by atoms with E-state index >= 15 is 0 Å². The summed E-state index contributed by atoms with van der Waals surface area (Å²) < 4.78 is 26.3. The molecule has 0 radical (unpaired) electrons. The molecule has 0 aliphatic carbocycles. The average Bonchev–Trinajstić information content (AvgIpc) is 3.11. The summed E-state index contributed by atoms with van der Waals surface area (Å²) in [6.07, 6.45) is 0. The molecular formula is C22H22FN3O4. The Balaban J connectivity index is 1.98. The second kappa shape index (κ2) is 8.23. The fourth-order valence-corrected chi connectivity index (χ4v) is 3.93. The highest BCUT2D eigenvalue weighted by atomic mass is 19.1. The lowest BCUT2D eigenvalue weighted by atomic mass is 9.89. The number of amides is 1. The van der Waals surface area contributed by atoms with Gasteiger partial charge in [0, 0.05) is 7.11 Å². The Morgan fingerprint density at radius 2 is 2.00 bits per heavy atom. The zero-order valence-electron chi connectivity index (χ0n) is 16.7. The van der Waals surface area contributed by atoms with E-state index < -0.39 is 29.7 Å². The van der Waals surface area contributed by atoms with Crippen molar-refractivity contribution >= 4 is 28.9 Å². The third-order valence-electron chi connectivity index (χ3n) is 5.19. The van der Waals surface area contributed by atoms with Gasteiger partial charge in [0.05, 0.1) is 36.8 Å². The molecule has 2 heterocycles. The topological polar surface area (TPSA) is 73.7 Å². The molecule has 3 aromatic rings. The number of carbonyl (C=O) groups is 2. The van der Waals surface area contributed by atoms with Crippen LogP contribution in [0.3, 0.4) is 0 Å². The average molecular weight is 411 g/mol. The van der Waals surface area contributed by atoms with Gasteiger partial charge in [0.25, 0.3) is 0 Å². The van der Waals surface area contributed by atoms with Crippen LogP contribution in [0.25, 0.3) is 11.0 Å². The number of halogens is 1. The third kappa shape index (κ3) is 3.33. The van der Waals surface area contributed by atoms with Crippen molar-refractivity contribution in [3.63, 3.8) is 0 Å². The highest BCUT2D eigenvalue weighted by Crippen LogP contribution is 2.41. The van der Waals surface area contributed by atoms with Gasteiger partial charge in [-0.1, -0.05) is 24.3 Å². The molecule has 2 aromatic carbocycles. The van der Waals surface area contributed by atoms with Crippen molar-refractivity contribution in [1.82, 2.24) is 9.55 Å². The molecule has 0 unspecified atom stereocenters. The van der Waals surface area contributed by atoms with Crippen LogP contribution in [0, 0.1) is 11.7 Å².